The molecule has 138 valence electrons. The quantitative estimate of drug-likeness (QED) is 0.568. The normalized spacial score (nSPS) is 10.4. The van der Waals surface area contributed by atoms with Crippen LogP contribution in [0.4, 0.5) is 11.4 Å². The molecule has 0 saturated heterocycles. The van der Waals surface area contributed by atoms with Crippen molar-refractivity contribution in [1.82, 2.24) is 15.2 Å². The number of aryl methyl sites for hydroxylation is 1. The smallest absolute Gasteiger partial charge is 0.234 e. The van der Waals surface area contributed by atoms with E-state index in [0.29, 0.717) is 16.7 Å². The molecule has 0 radical (unpaired) electrons. The number of thioether (sulfide) groups is 1. The number of anilines is 2. The second-order valence-corrected chi connectivity index (χ2v) is 6.87. The minimum Gasteiger partial charge on any atom is -0.326 e. The summed E-state index contributed by atoms with van der Waals surface area (Å²) >= 11 is 1.26. The van der Waals surface area contributed by atoms with Crippen molar-refractivity contribution in [1.29, 1.82) is 0 Å². The molecule has 0 saturated carbocycles. The molecule has 3 aromatic rings. The molecule has 2 amide bonds. The molecule has 1 aromatic heterocycles. The second-order valence-electron chi connectivity index (χ2n) is 5.93. The minimum atomic E-state index is -0.120. The molecule has 0 spiro atoms. The van der Waals surface area contributed by atoms with Crippen molar-refractivity contribution < 1.29 is 9.59 Å². The van der Waals surface area contributed by atoms with Crippen LogP contribution in [-0.2, 0) is 9.59 Å². The fourth-order valence-corrected chi connectivity index (χ4v) is 2.92. The van der Waals surface area contributed by atoms with E-state index < -0.39 is 0 Å². The van der Waals surface area contributed by atoms with Gasteiger partial charge < -0.3 is 10.6 Å². The summed E-state index contributed by atoms with van der Waals surface area (Å²) < 4.78 is 0. The predicted octanol–water partition coefficient (Wildman–Crippen LogP) is 3.47. The first kappa shape index (κ1) is 18.7. The Labute approximate surface area is 161 Å². The van der Waals surface area contributed by atoms with Gasteiger partial charge in [-0.15, -0.1) is 5.10 Å². The number of amides is 2. The molecule has 27 heavy (non-hydrogen) atoms. The monoisotopic (exact) mass is 381 g/mol. The minimum absolute atomic E-state index is 0.116. The highest BCUT2D eigenvalue weighted by molar-refractivity contribution is 7.99. The number of H-pyrrole nitrogens is 1. The topological polar surface area (TPSA) is 99.8 Å². The number of rotatable bonds is 6. The van der Waals surface area contributed by atoms with E-state index in [9.17, 15) is 9.59 Å². The lowest BCUT2D eigenvalue weighted by Gasteiger charge is -2.04. The van der Waals surface area contributed by atoms with Crippen LogP contribution in [0.2, 0.25) is 0 Å². The Balaban J connectivity index is 1.55. The highest BCUT2D eigenvalue weighted by atomic mass is 32.2. The fourth-order valence-electron chi connectivity index (χ4n) is 2.32. The van der Waals surface area contributed by atoms with Gasteiger partial charge in [-0.05, 0) is 43.3 Å². The Kier molecular flexibility index (Phi) is 5.87. The summed E-state index contributed by atoms with van der Waals surface area (Å²) in [4.78, 5) is 27.5. The van der Waals surface area contributed by atoms with Gasteiger partial charge in [0.05, 0.1) is 5.75 Å². The molecule has 0 unspecified atom stereocenters. The van der Waals surface area contributed by atoms with Crippen LogP contribution in [0.25, 0.3) is 11.4 Å². The number of carbonyl (C=O) groups is 2. The first-order chi connectivity index (χ1) is 13.0. The predicted molar refractivity (Wildman–Crippen MR) is 107 cm³/mol. The van der Waals surface area contributed by atoms with Crippen LogP contribution in [-0.4, -0.2) is 32.7 Å². The molecule has 0 aliphatic heterocycles. The average molecular weight is 381 g/mol. The van der Waals surface area contributed by atoms with Crippen molar-refractivity contribution in [2.24, 2.45) is 0 Å². The third-order valence-electron chi connectivity index (χ3n) is 3.61. The molecular formula is C19H19N5O2S. The van der Waals surface area contributed by atoms with Crippen LogP contribution in [0.3, 0.4) is 0 Å². The first-order valence-corrected chi connectivity index (χ1v) is 9.28. The number of nitrogens with zero attached hydrogens (tertiary/aromatic N) is 2. The van der Waals surface area contributed by atoms with E-state index in [1.807, 2.05) is 43.3 Å². The van der Waals surface area contributed by atoms with Crippen LogP contribution in [0.15, 0.2) is 53.7 Å². The van der Waals surface area contributed by atoms with E-state index in [-0.39, 0.29) is 17.6 Å². The summed E-state index contributed by atoms with van der Waals surface area (Å²) in [5, 5.41) is 13.0. The lowest BCUT2D eigenvalue weighted by molar-refractivity contribution is -0.114. The van der Waals surface area contributed by atoms with Crippen molar-refractivity contribution in [2.45, 2.75) is 19.0 Å². The van der Waals surface area contributed by atoms with E-state index in [2.05, 4.69) is 25.8 Å². The largest absolute Gasteiger partial charge is 0.326 e. The number of hydrogen-bond donors (Lipinski definition) is 3. The Morgan fingerprint density at radius 3 is 2.30 bits per heavy atom. The highest BCUT2D eigenvalue weighted by Crippen LogP contribution is 2.21. The van der Waals surface area contributed by atoms with Gasteiger partial charge in [0.15, 0.2) is 5.82 Å². The molecule has 0 atom stereocenters. The molecule has 7 nitrogen and oxygen atoms in total. The van der Waals surface area contributed by atoms with Gasteiger partial charge in [0, 0.05) is 23.9 Å². The highest BCUT2D eigenvalue weighted by Gasteiger charge is 2.09. The average Bonchev–Trinajstić information content (AvgIpc) is 3.11. The Hall–Kier alpha value is -3.13. The van der Waals surface area contributed by atoms with E-state index in [4.69, 9.17) is 0 Å². The lowest BCUT2D eigenvalue weighted by atomic mass is 10.2. The second kappa shape index (κ2) is 8.50. The van der Waals surface area contributed by atoms with Gasteiger partial charge in [-0.2, -0.15) is 0 Å². The van der Waals surface area contributed by atoms with Crippen LogP contribution in [0.1, 0.15) is 12.5 Å². The maximum absolute atomic E-state index is 12.0. The number of aromatic amines is 1. The summed E-state index contributed by atoms with van der Waals surface area (Å²) in [5.74, 6) is 0.581. The molecule has 0 aliphatic rings. The van der Waals surface area contributed by atoms with E-state index in [1.54, 1.807) is 12.1 Å². The number of hydrogen-bond acceptors (Lipinski definition) is 5. The van der Waals surface area contributed by atoms with Crippen molar-refractivity contribution in [2.75, 3.05) is 16.4 Å². The summed E-state index contributed by atoms with van der Waals surface area (Å²) in [5.41, 5.74) is 3.46. The number of benzene rings is 2. The van der Waals surface area contributed by atoms with Crippen molar-refractivity contribution in [3.05, 3.63) is 54.1 Å². The zero-order valence-electron chi connectivity index (χ0n) is 14.9. The Morgan fingerprint density at radius 2 is 1.63 bits per heavy atom. The van der Waals surface area contributed by atoms with Gasteiger partial charge in [-0.3, -0.25) is 14.7 Å². The summed E-state index contributed by atoms with van der Waals surface area (Å²) in [7, 11) is 0. The van der Waals surface area contributed by atoms with Crippen molar-refractivity contribution in [3.8, 4) is 11.4 Å². The van der Waals surface area contributed by atoms with E-state index in [0.717, 1.165) is 16.8 Å². The van der Waals surface area contributed by atoms with Crippen LogP contribution in [0, 0.1) is 6.92 Å². The zero-order chi connectivity index (χ0) is 19.2. The standard InChI is InChI=1S/C19H19N5O2S/c1-12-3-7-16(8-4-12)21-17(26)11-27-19-22-18(23-24-19)14-5-9-15(10-6-14)20-13(2)25/h3-10H,11H2,1-2H3,(H,20,25)(H,21,26)(H,22,23,24). The molecule has 0 bridgehead atoms. The molecule has 1 heterocycles. The van der Waals surface area contributed by atoms with Gasteiger partial charge in [-0.1, -0.05) is 29.5 Å². The van der Waals surface area contributed by atoms with Gasteiger partial charge in [-0.25, -0.2) is 4.98 Å². The molecular weight excluding hydrogens is 362 g/mol. The molecule has 3 N–H and O–H groups in total. The molecule has 8 heteroatoms. The third-order valence-corrected chi connectivity index (χ3v) is 4.46. The van der Waals surface area contributed by atoms with Gasteiger partial charge in [0.25, 0.3) is 0 Å². The van der Waals surface area contributed by atoms with Crippen LogP contribution in [0.5, 0.6) is 0 Å². The Bertz CT molecular complexity index is 935. The van der Waals surface area contributed by atoms with Gasteiger partial charge >= 0.3 is 0 Å². The zero-order valence-corrected chi connectivity index (χ0v) is 15.8. The maximum atomic E-state index is 12.0. The number of nitrogens with one attached hydrogen (secondary N) is 3. The number of carbonyl (C=O) groups excluding carboxylic acids is 2. The lowest BCUT2D eigenvalue weighted by Crippen LogP contribution is -2.14. The van der Waals surface area contributed by atoms with Gasteiger partial charge in [0.2, 0.25) is 17.0 Å². The summed E-state index contributed by atoms with van der Waals surface area (Å²) in [6, 6.07) is 14.9. The van der Waals surface area contributed by atoms with Crippen LogP contribution < -0.4 is 10.6 Å². The molecule has 0 fully saturated rings. The summed E-state index contributed by atoms with van der Waals surface area (Å²) in [6.07, 6.45) is 0. The molecule has 3 rings (SSSR count). The van der Waals surface area contributed by atoms with Crippen molar-refractivity contribution in [3.63, 3.8) is 0 Å². The van der Waals surface area contributed by atoms with E-state index in [1.165, 1.54) is 18.7 Å². The Morgan fingerprint density at radius 1 is 1.00 bits per heavy atom. The molecule has 0 aliphatic carbocycles. The first-order valence-electron chi connectivity index (χ1n) is 8.29. The fraction of sp³-hybridized carbons (Fsp3) is 0.158. The summed E-state index contributed by atoms with van der Waals surface area (Å²) in [6.45, 7) is 3.46. The molecule has 2 aromatic carbocycles. The van der Waals surface area contributed by atoms with Crippen LogP contribution >= 0.6 is 11.8 Å². The van der Waals surface area contributed by atoms with Gasteiger partial charge in [0.1, 0.15) is 0 Å². The van der Waals surface area contributed by atoms with Crippen molar-refractivity contribution >= 4 is 35.0 Å². The van der Waals surface area contributed by atoms with E-state index >= 15 is 0 Å². The third kappa shape index (κ3) is 5.42. The number of aromatic nitrogens is 3. The maximum Gasteiger partial charge on any atom is 0.234 e. The SMILES string of the molecule is CC(=O)Nc1ccc(-c2nc(SCC(=O)Nc3ccc(C)cc3)n[nH]2)cc1.